The van der Waals surface area contributed by atoms with Crippen molar-refractivity contribution < 1.29 is 0 Å². The van der Waals surface area contributed by atoms with Gasteiger partial charge < -0.3 is 0 Å². The molecule has 0 radical (unpaired) electrons. The van der Waals surface area contributed by atoms with Gasteiger partial charge in [-0.3, -0.25) is 0 Å². The van der Waals surface area contributed by atoms with Gasteiger partial charge in [0.15, 0.2) is 8.07 Å². The first-order chi connectivity index (χ1) is 32.8. The molecule has 1 heterocycles. The predicted molar refractivity (Wildman–Crippen MR) is 282 cm³/mol. The number of hydrogen-bond donors (Lipinski definition) is 0. The minimum atomic E-state index is -2.93. The summed E-state index contributed by atoms with van der Waals surface area (Å²) in [7, 11) is -2.93. The highest BCUT2D eigenvalue weighted by atomic mass is 28.3. The summed E-state index contributed by atoms with van der Waals surface area (Å²) in [5.74, 6) is 0. The molecular formula is C65H42Si. The van der Waals surface area contributed by atoms with Crippen LogP contribution >= 0.6 is 0 Å². The summed E-state index contributed by atoms with van der Waals surface area (Å²) in [5, 5.41) is 15.9. The van der Waals surface area contributed by atoms with Crippen LogP contribution in [0.1, 0.15) is 22.3 Å². The zero-order valence-corrected chi connectivity index (χ0v) is 37.2. The molecule has 1 aliphatic heterocycles. The molecule has 1 heteroatoms. The molecule has 12 aromatic rings. The van der Waals surface area contributed by atoms with E-state index in [2.05, 4.69) is 255 Å². The Labute approximate surface area is 385 Å². The van der Waals surface area contributed by atoms with Crippen LogP contribution in [0, 0.1) is 0 Å². The van der Waals surface area contributed by atoms with Crippen LogP contribution < -0.4 is 20.7 Å². The third-order valence-electron chi connectivity index (χ3n) is 15.2. The summed E-state index contributed by atoms with van der Waals surface area (Å²) < 4.78 is 0. The summed E-state index contributed by atoms with van der Waals surface area (Å²) in [5.41, 5.74) is 12.5. The summed E-state index contributed by atoms with van der Waals surface area (Å²) in [4.78, 5) is 0. The van der Waals surface area contributed by atoms with Gasteiger partial charge in [-0.05, 0) is 132 Å². The van der Waals surface area contributed by atoms with Crippen molar-refractivity contribution >= 4 is 71.9 Å². The normalized spacial score (nSPS) is 14.0. The molecule has 0 aromatic heterocycles. The molecule has 0 saturated heterocycles. The smallest absolute Gasteiger partial charge is 0.0623 e. The highest BCUT2D eigenvalue weighted by Gasteiger charge is 2.58. The minimum absolute atomic E-state index is 0.651. The van der Waals surface area contributed by atoms with Gasteiger partial charge in [-0.15, -0.1) is 0 Å². The van der Waals surface area contributed by atoms with E-state index in [1.165, 1.54) is 119 Å². The maximum absolute atomic E-state index is 2.93. The Hall–Kier alpha value is -8.10. The molecule has 1 aliphatic carbocycles. The molecule has 0 nitrogen and oxygen atoms in total. The first kappa shape index (κ1) is 37.3. The molecule has 14 rings (SSSR count). The third kappa shape index (κ3) is 4.93. The fourth-order valence-corrected chi connectivity index (χ4v) is 17.9. The van der Waals surface area contributed by atoms with Crippen molar-refractivity contribution in [3.63, 3.8) is 0 Å². The topological polar surface area (TPSA) is 0 Å². The van der Waals surface area contributed by atoms with Crippen molar-refractivity contribution in [2.24, 2.45) is 0 Å². The van der Waals surface area contributed by atoms with Gasteiger partial charge in [-0.2, -0.15) is 0 Å². The van der Waals surface area contributed by atoms with Gasteiger partial charge in [-0.25, -0.2) is 0 Å². The van der Waals surface area contributed by atoms with E-state index in [9.17, 15) is 0 Å². The number of fused-ring (bicyclic) bond motifs is 16. The molecule has 0 unspecified atom stereocenters. The van der Waals surface area contributed by atoms with Gasteiger partial charge in [0.1, 0.15) is 0 Å². The second-order valence-electron chi connectivity index (χ2n) is 18.2. The first-order valence-electron chi connectivity index (χ1n) is 23.2. The highest BCUT2D eigenvalue weighted by molar-refractivity contribution is 7.20. The van der Waals surface area contributed by atoms with Gasteiger partial charge in [0.25, 0.3) is 0 Å². The van der Waals surface area contributed by atoms with Crippen LogP contribution in [0.15, 0.2) is 255 Å². The van der Waals surface area contributed by atoms with Gasteiger partial charge in [0.2, 0.25) is 0 Å². The van der Waals surface area contributed by atoms with Crippen molar-refractivity contribution in [3.8, 4) is 33.4 Å². The molecule has 306 valence electrons. The third-order valence-corrected chi connectivity index (χ3v) is 20.1. The summed E-state index contributed by atoms with van der Waals surface area (Å²) in [6, 6.07) is 97.2. The lowest BCUT2D eigenvalue weighted by atomic mass is 9.65. The lowest BCUT2D eigenvalue weighted by Gasteiger charge is -2.49. The molecular weight excluding hydrogens is 809 g/mol. The zero-order valence-electron chi connectivity index (χ0n) is 36.2. The quantitative estimate of drug-likeness (QED) is 0.122. The Balaban J connectivity index is 1.18. The van der Waals surface area contributed by atoms with E-state index in [-0.39, 0.29) is 0 Å². The van der Waals surface area contributed by atoms with E-state index >= 15 is 0 Å². The summed E-state index contributed by atoms with van der Waals surface area (Å²) in [6.45, 7) is 0. The molecule has 0 atom stereocenters. The molecule has 12 aromatic carbocycles. The Kier molecular flexibility index (Phi) is 8.02. The molecule has 2 aliphatic rings. The molecule has 0 amide bonds. The summed E-state index contributed by atoms with van der Waals surface area (Å²) in [6.07, 6.45) is 0. The average Bonchev–Trinajstić information content (AvgIpc) is 3.70. The van der Waals surface area contributed by atoms with Crippen molar-refractivity contribution in [2.45, 2.75) is 5.41 Å². The second kappa shape index (κ2) is 14.2. The van der Waals surface area contributed by atoms with E-state index < -0.39 is 13.5 Å². The number of benzene rings is 12. The number of hydrogen-bond acceptors (Lipinski definition) is 0. The van der Waals surface area contributed by atoms with Gasteiger partial charge in [0, 0.05) is 0 Å². The number of rotatable bonds is 4. The average molecular weight is 851 g/mol. The zero-order chi connectivity index (χ0) is 43.4. The highest BCUT2D eigenvalue weighted by Crippen LogP contribution is 2.61. The van der Waals surface area contributed by atoms with E-state index in [4.69, 9.17) is 0 Å². The van der Waals surface area contributed by atoms with Crippen molar-refractivity contribution in [3.05, 3.63) is 277 Å². The Morgan fingerprint density at radius 3 is 1.35 bits per heavy atom. The fraction of sp³-hybridized carbons (Fsp3) is 0.0154. The fourth-order valence-electron chi connectivity index (χ4n) is 12.6. The monoisotopic (exact) mass is 850 g/mol. The SMILES string of the molecule is c1ccc([Si]2(c3ccccc3)c3ccccc3C3(c4cc(-c5cccc6ccccc56)ccc4-c4c3c3ccc(-c5cccc6ccccc56)cc3c3ccccc43)c3ccccc32)cc1. The van der Waals surface area contributed by atoms with E-state index in [1.807, 2.05) is 0 Å². The van der Waals surface area contributed by atoms with Crippen LogP contribution in [0.3, 0.4) is 0 Å². The van der Waals surface area contributed by atoms with Crippen LogP contribution in [0.4, 0.5) is 0 Å². The van der Waals surface area contributed by atoms with Crippen molar-refractivity contribution in [1.82, 2.24) is 0 Å². The van der Waals surface area contributed by atoms with Crippen molar-refractivity contribution in [1.29, 1.82) is 0 Å². The standard InChI is InChI=1S/C65H42Si/c1-3-23-47(24-4-1)66(48-25-5-2-6-26-48)61-35-15-13-33-58(61)65(59-34-14-16-36-62(59)66)60-42-46(52-32-18-22-44-20-8-10-28-50(44)52)38-40-56(60)63-54-30-12-11-29-53(54)57-41-45(37-39-55(57)64(63)65)51-31-17-21-43-19-7-9-27-49(43)51/h1-42H. The Bertz CT molecular complexity index is 3840. The molecule has 1 spiro atoms. The van der Waals surface area contributed by atoms with Crippen LogP contribution in [0.25, 0.3) is 76.5 Å². The van der Waals surface area contributed by atoms with Gasteiger partial charge >= 0.3 is 0 Å². The molecule has 0 fully saturated rings. The Morgan fingerprint density at radius 2 is 0.742 bits per heavy atom. The molecule has 0 saturated carbocycles. The Morgan fingerprint density at radius 1 is 0.273 bits per heavy atom. The maximum Gasteiger partial charge on any atom is 0.180 e. The maximum atomic E-state index is 2.58. The van der Waals surface area contributed by atoms with Crippen LogP contribution in [-0.4, -0.2) is 8.07 Å². The first-order valence-corrected chi connectivity index (χ1v) is 25.2. The molecule has 66 heavy (non-hydrogen) atoms. The van der Waals surface area contributed by atoms with E-state index in [1.54, 1.807) is 0 Å². The molecule has 0 bridgehead atoms. The van der Waals surface area contributed by atoms with Gasteiger partial charge in [0.05, 0.1) is 5.41 Å². The summed E-state index contributed by atoms with van der Waals surface area (Å²) >= 11 is 0. The van der Waals surface area contributed by atoms with Crippen LogP contribution in [0.5, 0.6) is 0 Å². The predicted octanol–water partition coefficient (Wildman–Crippen LogP) is 13.7. The van der Waals surface area contributed by atoms with Crippen molar-refractivity contribution in [2.75, 3.05) is 0 Å². The van der Waals surface area contributed by atoms with E-state index in [0.29, 0.717) is 0 Å². The van der Waals surface area contributed by atoms with Crippen LogP contribution in [0.2, 0.25) is 0 Å². The second-order valence-corrected chi connectivity index (χ2v) is 21.9. The van der Waals surface area contributed by atoms with E-state index in [0.717, 1.165) is 0 Å². The lowest BCUT2D eigenvalue weighted by molar-refractivity contribution is 0.782. The lowest BCUT2D eigenvalue weighted by Crippen LogP contribution is -2.79. The molecule has 0 N–H and O–H groups in total. The largest absolute Gasteiger partial charge is 0.180 e. The van der Waals surface area contributed by atoms with Crippen LogP contribution in [-0.2, 0) is 5.41 Å². The minimum Gasteiger partial charge on any atom is -0.0623 e. The van der Waals surface area contributed by atoms with Gasteiger partial charge in [-0.1, -0.05) is 243 Å².